The molecule has 2 heterocycles. The molecule has 0 amide bonds. The molecule has 2 rings (SSSR count). The molecule has 0 aliphatic heterocycles. The predicted octanol–water partition coefficient (Wildman–Crippen LogP) is 0.665. The Kier molecular flexibility index (Phi) is 1.92. The van der Waals surface area contributed by atoms with Crippen molar-refractivity contribution in [2.45, 2.75) is 13.3 Å². The van der Waals surface area contributed by atoms with Gasteiger partial charge in [0.1, 0.15) is 0 Å². The third kappa shape index (κ3) is 1.44. The van der Waals surface area contributed by atoms with E-state index >= 15 is 0 Å². The average Bonchev–Trinajstić information content (AvgIpc) is 2.47. The Morgan fingerprint density at radius 1 is 1.57 bits per heavy atom. The maximum absolute atomic E-state index is 10.5. The summed E-state index contributed by atoms with van der Waals surface area (Å²) in [5.41, 5.74) is 2.17. The molecule has 0 radical (unpaired) electrons. The summed E-state index contributed by atoms with van der Waals surface area (Å²) in [6, 6.07) is 0. The first-order chi connectivity index (χ1) is 6.66. The third-order valence-corrected chi connectivity index (χ3v) is 1.95. The normalized spacial score (nSPS) is 10.6. The number of imidazole rings is 1. The number of aromatic nitrogens is 3. The Hall–Kier alpha value is -1.91. The first-order valence-electron chi connectivity index (χ1n) is 4.17. The molecule has 0 unspecified atom stereocenters. The predicted molar refractivity (Wildman–Crippen MR) is 49.1 cm³/mol. The highest BCUT2D eigenvalue weighted by Gasteiger charge is 2.06. The molecule has 0 fully saturated rings. The van der Waals surface area contributed by atoms with Crippen LogP contribution in [-0.2, 0) is 11.2 Å². The number of hydrogen-bond donors (Lipinski definition) is 1. The van der Waals surface area contributed by atoms with Gasteiger partial charge in [-0.05, 0) is 6.92 Å². The van der Waals surface area contributed by atoms with Crippen LogP contribution < -0.4 is 0 Å². The highest BCUT2D eigenvalue weighted by Crippen LogP contribution is 2.06. The second kappa shape index (κ2) is 3.10. The van der Waals surface area contributed by atoms with E-state index in [4.69, 9.17) is 5.11 Å². The van der Waals surface area contributed by atoms with Crippen molar-refractivity contribution in [3.05, 3.63) is 30.0 Å². The fraction of sp³-hybridized carbons (Fsp3) is 0.222. The van der Waals surface area contributed by atoms with E-state index in [1.54, 1.807) is 18.6 Å². The minimum Gasteiger partial charge on any atom is -0.481 e. The van der Waals surface area contributed by atoms with Gasteiger partial charge >= 0.3 is 5.97 Å². The standard InChI is InChI=1S/C9H9N3O2/c1-6-3-10-4-8-11-7(2-9(13)14)5-12(6)8/h3-5H,2H2,1H3,(H,13,14). The molecular formula is C9H9N3O2. The van der Waals surface area contributed by atoms with Crippen molar-refractivity contribution in [3.8, 4) is 0 Å². The van der Waals surface area contributed by atoms with Crippen molar-refractivity contribution >= 4 is 11.6 Å². The molecule has 1 N–H and O–H groups in total. The summed E-state index contributed by atoms with van der Waals surface area (Å²) in [5, 5.41) is 8.60. The third-order valence-electron chi connectivity index (χ3n) is 1.95. The topological polar surface area (TPSA) is 67.5 Å². The Bertz CT molecular complexity index is 490. The van der Waals surface area contributed by atoms with Crippen molar-refractivity contribution in [1.29, 1.82) is 0 Å². The van der Waals surface area contributed by atoms with Crippen LogP contribution in [0, 0.1) is 6.92 Å². The maximum Gasteiger partial charge on any atom is 0.309 e. The Labute approximate surface area is 80.0 Å². The molecule has 14 heavy (non-hydrogen) atoms. The first-order valence-corrected chi connectivity index (χ1v) is 4.17. The summed E-state index contributed by atoms with van der Waals surface area (Å²) in [4.78, 5) is 18.6. The summed E-state index contributed by atoms with van der Waals surface area (Å²) in [6.45, 7) is 1.90. The molecule has 0 atom stereocenters. The van der Waals surface area contributed by atoms with Gasteiger partial charge in [0.25, 0.3) is 0 Å². The summed E-state index contributed by atoms with van der Waals surface area (Å²) in [6.07, 6.45) is 4.99. The fourth-order valence-corrected chi connectivity index (χ4v) is 1.33. The molecule has 0 bridgehead atoms. The fourth-order valence-electron chi connectivity index (χ4n) is 1.33. The largest absolute Gasteiger partial charge is 0.481 e. The average molecular weight is 191 g/mol. The van der Waals surface area contributed by atoms with Gasteiger partial charge in [0.2, 0.25) is 0 Å². The summed E-state index contributed by atoms with van der Waals surface area (Å²) < 4.78 is 1.82. The molecule has 0 aliphatic rings. The maximum atomic E-state index is 10.5. The van der Waals surface area contributed by atoms with E-state index in [1.807, 2.05) is 11.3 Å². The zero-order valence-electron chi connectivity index (χ0n) is 7.64. The van der Waals surface area contributed by atoms with Gasteiger partial charge < -0.3 is 9.51 Å². The van der Waals surface area contributed by atoms with Crippen LogP contribution in [0.25, 0.3) is 5.65 Å². The van der Waals surface area contributed by atoms with E-state index in [9.17, 15) is 4.79 Å². The Balaban J connectivity index is 2.51. The molecule has 72 valence electrons. The lowest BCUT2D eigenvalue weighted by Gasteiger charge is -1.94. The SMILES string of the molecule is Cc1cncc2nc(CC(=O)O)cn12. The molecule has 0 aromatic carbocycles. The van der Waals surface area contributed by atoms with Gasteiger partial charge in [-0.25, -0.2) is 4.98 Å². The smallest absolute Gasteiger partial charge is 0.309 e. The number of carboxylic acid groups (broad SMARTS) is 1. The van der Waals surface area contributed by atoms with E-state index in [-0.39, 0.29) is 6.42 Å². The number of carboxylic acids is 1. The molecule has 0 saturated carbocycles. The van der Waals surface area contributed by atoms with E-state index in [2.05, 4.69) is 9.97 Å². The van der Waals surface area contributed by atoms with Gasteiger partial charge in [0, 0.05) is 18.1 Å². The van der Waals surface area contributed by atoms with Crippen molar-refractivity contribution in [2.75, 3.05) is 0 Å². The Morgan fingerprint density at radius 2 is 2.36 bits per heavy atom. The van der Waals surface area contributed by atoms with E-state index in [0.29, 0.717) is 11.3 Å². The molecule has 2 aromatic heterocycles. The molecule has 0 saturated heterocycles. The number of carbonyl (C=O) groups is 1. The number of aliphatic carboxylic acids is 1. The Morgan fingerprint density at radius 3 is 3.00 bits per heavy atom. The van der Waals surface area contributed by atoms with Crippen LogP contribution >= 0.6 is 0 Å². The molecule has 0 aliphatic carbocycles. The van der Waals surface area contributed by atoms with Gasteiger partial charge in [-0.15, -0.1) is 0 Å². The van der Waals surface area contributed by atoms with Crippen LogP contribution in [-0.4, -0.2) is 25.4 Å². The number of nitrogens with zero attached hydrogens (tertiary/aromatic N) is 3. The number of aryl methyl sites for hydroxylation is 1. The lowest BCUT2D eigenvalue weighted by atomic mass is 10.3. The number of rotatable bonds is 2. The quantitative estimate of drug-likeness (QED) is 0.757. The highest BCUT2D eigenvalue weighted by atomic mass is 16.4. The molecule has 5 heteroatoms. The molecule has 5 nitrogen and oxygen atoms in total. The second-order valence-corrected chi connectivity index (χ2v) is 3.08. The van der Waals surface area contributed by atoms with Gasteiger partial charge in [-0.2, -0.15) is 0 Å². The molecular weight excluding hydrogens is 182 g/mol. The van der Waals surface area contributed by atoms with Gasteiger partial charge in [-0.3, -0.25) is 9.78 Å². The van der Waals surface area contributed by atoms with E-state index in [0.717, 1.165) is 5.69 Å². The number of hydrogen-bond acceptors (Lipinski definition) is 3. The van der Waals surface area contributed by atoms with Crippen LogP contribution in [0.15, 0.2) is 18.6 Å². The van der Waals surface area contributed by atoms with Crippen molar-refractivity contribution < 1.29 is 9.90 Å². The number of fused-ring (bicyclic) bond motifs is 1. The van der Waals surface area contributed by atoms with Gasteiger partial charge in [-0.1, -0.05) is 0 Å². The molecule has 0 spiro atoms. The minimum absolute atomic E-state index is 0.0544. The van der Waals surface area contributed by atoms with Crippen molar-refractivity contribution in [3.63, 3.8) is 0 Å². The first kappa shape index (κ1) is 8.68. The molecule has 2 aromatic rings. The van der Waals surface area contributed by atoms with Crippen LogP contribution in [0.1, 0.15) is 11.4 Å². The van der Waals surface area contributed by atoms with Gasteiger partial charge in [0.15, 0.2) is 5.65 Å². The van der Waals surface area contributed by atoms with E-state index < -0.39 is 5.97 Å². The monoisotopic (exact) mass is 191 g/mol. The van der Waals surface area contributed by atoms with Crippen LogP contribution in [0.5, 0.6) is 0 Å². The van der Waals surface area contributed by atoms with Gasteiger partial charge in [0.05, 0.1) is 18.3 Å². The minimum atomic E-state index is -0.876. The zero-order valence-corrected chi connectivity index (χ0v) is 7.64. The van der Waals surface area contributed by atoms with Crippen molar-refractivity contribution in [1.82, 2.24) is 14.4 Å². The van der Waals surface area contributed by atoms with Crippen molar-refractivity contribution in [2.24, 2.45) is 0 Å². The lowest BCUT2D eigenvalue weighted by Crippen LogP contribution is -1.99. The summed E-state index contributed by atoms with van der Waals surface area (Å²) in [7, 11) is 0. The summed E-state index contributed by atoms with van der Waals surface area (Å²) in [5.74, 6) is -0.876. The second-order valence-electron chi connectivity index (χ2n) is 3.08. The van der Waals surface area contributed by atoms with Crippen LogP contribution in [0.2, 0.25) is 0 Å². The van der Waals surface area contributed by atoms with Crippen LogP contribution in [0.4, 0.5) is 0 Å². The lowest BCUT2D eigenvalue weighted by molar-refractivity contribution is -0.136. The zero-order chi connectivity index (χ0) is 10.1. The van der Waals surface area contributed by atoms with Crippen LogP contribution in [0.3, 0.4) is 0 Å². The highest BCUT2D eigenvalue weighted by molar-refractivity contribution is 5.69. The van der Waals surface area contributed by atoms with E-state index in [1.165, 1.54) is 0 Å². The summed E-state index contributed by atoms with van der Waals surface area (Å²) >= 11 is 0.